The minimum Gasteiger partial charge on any atom is -0.508 e. The van der Waals surface area contributed by atoms with Crippen molar-refractivity contribution >= 4 is 69.1 Å². The number of anilines is 2. The van der Waals surface area contributed by atoms with E-state index in [4.69, 9.17) is 23.2 Å². The third-order valence-electron chi connectivity index (χ3n) is 11.4. The quantitative estimate of drug-likeness (QED) is 0.129. The van der Waals surface area contributed by atoms with Crippen molar-refractivity contribution in [2.75, 3.05) is 17.0 Å². The first-order valence-electron chi connectivity index (χ1n) is 16.6. The van der Waals surface area contributed by atoms with Crippen LogP contribution in [-0.4, -0.2) is 45.8 Å². The van der Waals surface area contributed by atoms with Gasteiger partial charge in [0, 0.05) is 18.5 Å². The zero-order chi connectivity index (χ0) is 37.9. The van der Waals surface area contributed by atoms with Crippen LogP contribution in [0.2, 0.25) is 10.0 Å². The summed E-state index contributed by atoms with van der Waals surface area (Å²) >= 11 is 12.3. The molecule has 4 amide bonds. The molecule has 6 unspecified atom stereocenters. The normalized spacial score (nSPS) is 26.9. The molecule has 15 heteroatoms. The predicted molar refractivity (Wildman–Crippen MR) is 186 cm³/mol. The number of fused-ring (bicyclic) bond motifs is 5. The summed E-state index contributed by atoms with van der Waals surface area (Å²) in [6.07, 6.45) is -3.09. The number of hydrogen-bond donors (Lipinski definition) is 1. The van der Waals surface area contributed by atoms with E-state index in [1.807, 2.05) is 12.1 Å². The number of allylic oxidation sites excluding steroid dienone is 2. The summed E-state index contributed by atoms with van der Waals surface area (Å²) in [6.45, 7) is 1.64. The van der Waals surface area contributed by atoms with E-state index in [-0.39, 0.29) is 34.3 Å². The maximum atomic E-state index is 14.8. The van der Waals surface area contributed by atoms with E-state index in [0.717, 1.165) is 32.4 Å². The average Bonchev–Trinajstić information content (AvgIpc) is 3.48. The number of carbonyl (C=O) groups excluding carboxylic acids is 4. The largest absolute Gasteiger partial charge is 0.508 e. The third kappa shape index (κ3) is 5.00. The summed E-state index contributed by atoms with van der Waals surface area (Å²) < 4.78 is 55.1. The number of alkyl halides is 3. The van der Waals surface area contributed by atoms with Crippen molar-refractivity contribution in [1.82, 2.24) is 9.99 Å². The molecule has 3 heterocycles. The van der Waals surface area contributed by atoms with E-state index in [1.54, 1.807) is 31.2 Å². The first kappa shape index (κ1) is 35.0. The van der Waals surface area contributed by atoms with Crippen LogP contribution in [0.5, 0.6) is 5.75 Å². The lowest BCUT2D eigenvalue weighted by molar-refractivity contribution is -0.141. The van der Waals surface area contributed by atoms with Gasteiger partial charge < -0.3 is 5.11 Å². The Morgan fingerprint density at radius 3 is 2.38 bits per heavy atom. The van der Waals surface area contributed by atoms with Gasteiger partial charge in [0.15, 0.2) is 5.82 Å². The fraction of sp³-hybridized carbons (Fsp3) is 0.289. The van der Waals surface area contributed by atoms with Crippen LogP contribution in [0.25, 0.3) is 10.8 Å². The van der Waals surface area contributed by atoms with Gasteiger partial charge in [0.25, 0.3) is 11.8 Å². The number of pyridine rings is 1. The number of benzene rings is 3. The molecule has 1 aromatic heterocycles. The molecule has 0 spiro atoms. The monoisotopic (exact) mass is 766 g/mol. The van der Waals surface area contributed by atoms with Crippen LogP contribution in [-0.2, 0) is 25.4 Å². The number of amides is 4. The molecule has 2 aliphatic carbocycles. The molecule has 1 N–H and O–H groups in total. The van der Waals surface area contributed by atoms with Crippen LogP contribution in [0, 0.1) is 34.9 Å². The number of nitrogens with zero attached hydrogens (tertiary/aromatic N) is 4. The van der Waals surface area contributed by atoms with Crippen molar-refractivity contribution in [1.29, 1.82) is 0 Å². The fourth-order valence-corrected chi connectivity index (χ4v) is 9.37. The maximum Gasteiger partial charge on any atom is 0.433 e. The zero-order valence-corrected chi connectivity index (χ0v) is 29.4. The Morgan fingerprint density at radius 1 is 0.925 bits per heavy atom. The molecule has 0 radical (unpaired) electrons. The van der Waals surface area contributed by atoms with Gasteiger partial charge in [0.05, 0.1) is 38.9 Å². The molecule has 9 nitrogen and oxygen atoms in total. The van der Waals surface area contributed by atoms with Crippen LogP contribution in [0.3, 0.4) is 0 Å². The number of halogens is 6. The molecule has 53 heavy (non-hydrogen) atoms. The van der Waals surface area contributed by atoms with Gasteiger partial charge in [-0.1, -0.05) is 65.2 Å². The summed E-state index contributed by atoms with van der Waals surface area (Å²) in [5.74, 6) is -8.98. The van der Waals surface area contributed by atoms with Crippen LogP contribution in [0.15, 0.2) is 78.4 Å². The molecule has 4 aromatic rings. The zero-order valence-electron chi connectivity index (χ0n) is 27.9. The molecule has 0 bridgehead atoms. The molecule has 3 fully saturated rings. The highest BCUT2D eigenvalue weighted by molar-refractivity contribution is 6.33. The Morgan fingerprint density at radius 2 is 1.66 bits per heavy atom. The molecule has 1 saturated carbocycles. The Kier molecular flexibility index (Phi) is 7.94. The average molecular weight is 768 g/mol. The number of aromatic nitrogens is 1. The van der Waals surface area contributed by atoms with Gasteiger partial charge in [-0.2, -0.15) is 18.2 Å². The molecular formula is C38H28Cl2F4N4O5. The molecule has 2 saturated heterocycles. The summed E-state index contributed by atoms with van der Waals surface area (Å²) in [7, 11) is 1.22. The smallest absolute Gasteiger partial charge is 0.433 e. The molecular weight excluding hydrogens is 739 g/mol. The van der Waals surface area contributed by atoms with Gasteiger partial charge in [0.2, 0.25) is 11.8 Å². The minimum atomic E-state index is -4.83. The maximum absolute atomic E-state index is 14.8. The second-order valence-corrected chi connectivity index (χ2v) is 14.8. The van der Waals surface area contributed by atoms with Crippen LogP contribution < -0.4 is 9.91 Å². The number of aromatic hydroxyl groups is 1. The van der Waals surface area contributed by atoms with Crippen LogP contribution >= 0.6 is 23.2 Å². The van der Waals surface area contributed by atoms with Gasteiger partial charge in [-0.3, -0.25) is 24.2 Å². The van der Waals surface area contributed by atoms with Crippen molar-refractivity contribution in [2.45, 2.75) is 31.9 Å². The lowest BCUT2D eigenvalue weighted by Crippen LogP contribution is -2.49. The van der Waals surface area contributed by atoms with Gasteiger partial charge >= 0.3 is 6.18 Å². The number of phenolic OH excluding ortho intramolecular Hbond substituents is 1. The second kappa shape index (κ2) is 12.0. The second-order valence-electron chi connectivity index (χ2n) is 14.0. The highest BCUT2D eigenvalue weighted by atomic mass is 35.5. The van der Waals surface area contributed by atoms with Crippen molar-refractivity contribution in [2.24, 2.45) is 29.1 Å². The highest BCUT2D eigenvalue weighted by Crippen LogP contribution is 2.65. The van der Waals surface area contributed by atoms with Gasteiger partial charge in [-0.25, -0.2) is 14.3 Å². The lowest BCUT2D eigenvalue weighted by Gasteiger charge is -2.49. The van der Waals surface area contributed by atoms with Crippen molar-refractivity contribution in [3.05, 3.63) is 105 Å². The Balaban J connectivity index is 1.27. The Labute approximate surface area is 309 Å². The van der Waals surface area contributed by atoms with E-state index in [9.17, 15) is 41.8 Å². The molecule has 3 aromatic carbocycles. The minimum absolute atomic E-state index is 0.0252. The predicted octanol–water partition coefficient (Wildman–Crippen LogP) is 7.69. The third-order valence-corrected chi connectivity index (χ3v) is 12.0. The highest BCUT2D eigenvalue weighted by Gasteiger charge is 2.68. The summed E-state index contributed by atoms with van der Waals surface area (Å²) in [6, 6.07) is 15.6. The van der Waals surface area contributed by atoms with E-state index in [2.05, 4.69) is 4.98 Å². The van der Waals surface area contributed by atoms with Crippen LogP contribution in [0.4, 0.5) is 29.1 Å². The summed E-state index contributed by atoms with van der Waals surface area (Å²) in [5.41, 5.74) is -1.84. The lowest BCUT2D eigenvalue weighted by atomic mass is 9.51. The number of hydrazine groups is 1. The van der Waals surface area contributed by atoms with E-state index >= 15 is 0 Å². The number of imide groups is 2. The number of rotatable bonds is 4. The summed E-state index contributed by atoms with van der Waals surface area (Å²) in [5, 5.41) is 14.0. The number of hydrogen-bond acceptors (Lipinski definition) is 7. The first-order valence-corrected chi connectivity index (χ1v) is 17.4. The van der Waals surface area contributed by atoms with Crippen LogP contribution in [0.1, 0.15) is 36.9 Å². The number of carbonyl (C=O) groups is 4. The van der Waals surface area contributed by atoms with E-state index < -0.39 is 82.1 Å². The molecule has 272 valence electrons. The van der Waals surface area contributed by atoms with Gasteiger partial charge in [-0.15, -0.1) is 0 Å². The van der Waals surface area contributed by atoms with Crippen molar-refractivity contribution in [3.8, 4) is 5.75 Å². The van der Waals surface area contributed by atoms with Crippen molar-refractivity contribution in [3.63, 3.8) is 0 Å². The first-order chi connectivity index (χ1) is 25.0. The molecule has 6 atom stereocenters. The molecule has 8 rings (SSSR count). The molecule has 4 aliphatic rings. The van der Waals surface area contributed by atoms with E-state index in [0.29, 0.717) is 22.6 Å². The standard InChI is InChI=1S/C38H28Cl2F4N4O5/c1-37-23(34(51)47(36(37)53)18-8-12-26(41)25(40)15-18)16-22-20(31(37)30-19-6-4-3-5-17(19)7-13-27(30)49)9-10-21-29(22)35(52)48(33(21)50)46(2)32-24(39)11-14-28(45-32)38(42,43)44/h3-9,11-15,21-23,29,31,49H,10,16H2,1-2H3. The molecule has 2 aliphatic heterocycles. The van der Waals surface area contributed by atoms with Gasteiger partial charge in [0.1, 0.15) is 17.3 Å². The van der Waals surface area contributed by atoms with Crippen molar-refractivity contribution < 1.29 is 41.8 Å². The fourth-order valence-electron chi connectivity index (χ4n) is 8.97. The Hall–Kier alpha value is -5.01. The topological polar surface area (TPSA) is 111 Å². The van der Waals surface area contributed by atoms with E-state index in [1.165, 1.54) is 25.2 Å². The Bertz CT molecular complexity index is 2340. The van der Waals surface area contributed by atoms with Gasteiger partial charge in [-0.05, 0) is 72.9 Å². The SMILES string of the molecule is CN(c1nc(C(F)(F)F)ccc1Cl)N1C(=O)C2CC=C3C(CC4C(=O)N(c5ccc(F)c(Cl)c5)C(=O)C4(C)C3c3c(O)ccc4ccccc34)C2C1=O. The number of phenols is 1. The summed E-state index contributed by atoms with van der Waals surface area (Å²) in [4.78, 5) is 62.4.